The Balaban J connectivity index is 1.27. The molecule has 1 N–H and O–H groups in total. The van der Waals surface area contributed by atoms with Crippen LogP contribution in [0.15, 0.2) is 53.1 Å². The van der Waals surface area contributed by atoms with Crippen molar-refractivity contribution in [1.29, 1.82) is 0 Å². The Morgan fingerprint density at radius 3 is 2.45 bits per heavy atom. The first-order valence-corrected chi connectivity index (χ1v) is 10.7. The summed E-state index contributed by atoms with van der Waals surface area (Å²) in [6.07, 6.45) is 1.57. The fraction of sp³-hybridized carbons (Fsp3) is 0.375. The van der Waals surface area contributed by atoms with Gasteiger partial charge in [-0.15, -0.1) is 0 Å². The Morgan fingerprint density at radius 2 is 1.81 bits per heavy atom. The van der Waals surface area contributed by atoms with E-state index >= 15 is 0 Å². The van der Waals surface area contributed by atoms with Gasteiger partial charge in [0, 0.05) is 17.2 Å². The number of nitrogens with zero attached hydrogens (tertiary/aromatic N) is 3. The van der Waals surface area contributed by atoms with Gasteiger partial charge in [-0.25, -0.2) is 4.39 Å². The van der Waals surface area contributed by atoms with Crippen molar-refractivity contribution in [3.05, 3.63) is 65.8 Å². The molecular weight excluding hydrogens is 395 g/mol. The summed E-state index contributed by atoms with van der Waals surface area (Å²) < 4.78 is 18.4. The topological polar surface area (TPSA) is 71.3 Å². The third-order valence-electron chi connectivity index (χ3n) is 5.73. The molecular formula is C24H27FN4O2. The standard InChI is InChI=1S/C24H27FN4O2/c1-16(2)17-5-9-21(10-6-17)26-24(30)19-11-13-29(14-12-19)15-22-27-23(28-31-22)18-3-7-20(25)8-4-18/h3-10,16,19H,11-15H2,1-2H3,(H,26,30). The van der Waals surface area contributed by atoms with Crippen LogP contribution in [0.5, 0.6) is 0 Å². The molecule has 1 aliphatic heterocycles. The number of halogens is 1. The highest BCUT2D eigenvalue weighted by Crippen LogP contribution is 2.23. The minimum Gasteiger partial charge on any atom is -0.338 e. The maximum atomic E-state index is 13.1. The van der Waals surface area contributed by atoms with Crippen LogP contribution >= 0.6 is 0 Å². The maximum absolute atomic E-state index is 13.1. The van der Waals surface area contributed by atoms with Crippen molar-refractivity contribution < 1.29 is 13.7 Å². The van der Waals surface area contributed by atoms with Gasteiger partial charge >= 0.3 is 0 Å². The van der Waals surface area contributed by atoms with Crippen LogP contribution < -0.4 is 5.32 Å². The van der Waals surface area contributed by atoms with Gasteiger partial charge < -0.3 is 9.84 Å². The highest BCUT2D eigenvalue weighted by molar-refractivity contribution is 5.92. The first-order chi connectivity index (χ1) is 15.0. The van der Waals surface area contributed by atoms with Gasteiger partial charge in [0.1, 0.15) is 5.82 Å². The SMILES string of the molecule is CC(C)c1ccc(NC(=O)C2CCN(Cc3nc(-c4ccc(F)cc4)no3)CC2)cc1. The Morgan fingerprint density at radius 1 is 1.13 bits per heavy atom. The molecule has 1 fully saturated rings. The smallest absolute Gasteiger partial charge is 0.241 e. The predicted molar refractivity (Wildman–Crippen MR) is 117 cm³/mol. The maximum Gasteiger partial charge on any atom is 0.241 e. The van der Waals surface area contributed by atoms with Crippen LogP contribution in [0.25, 0.3) is 11.4 Å². The lowest BCUT2D eigenvalue weighted by atomic mass is 9.95. The Labute approximate surface area is 181 Å². The van der Waals surface area contributed by atoms with E-state index in [1.165, 1.54) is 17.7 Å². The lowest BCUT2D eigenvalue weighted by Gasteiger charge is -2.30. The number of amides is 1. The number of piperidine rings is 1. The zero-order valence-electron chi connectivity index (χ0n) is 17.8. The average Bonchev–Trinajstić information content (AvgIpc) is 3.23. The normalized spacial score (nSPS) is 15.4. The second-order valence-electron chi connectivity index (χ2n) is 8.33. The molecule has 1 aromatic heterocycles. The van der Waals surface area contributed by atoms with Crippen molar-refractivity contribution in [2.75, 3.05) is 18.4 Å². The van der Waals surface area contributed by atoms with Crippen LogP contribution in [-0.4, -0.2) is 34.0 Å². The summed E-state index contributed by atoms with van der Waals surface area (Å²) in [5, 5.41) is 7.03. The number of nitrogens with one attached hydrogen (secondary N) is 1. The molecule has 31 heavy (non-hydrogen) atoms. The number of carbonyl (C=O) groups is 1. The molecule has 0 radical (unpaired) electrons. The van der Waals surface area contributed by atoms with E-state index in [2.05, 4.69) is 46.3 Å². The predicted octanol–water partition coefficient (Wildman–Crippen LogP) is 4.85. The number of anilines is 1. The van der Waals surface area contributed by atoms with Gasteiger partial charge in [0.05, 0.1) is 6.54 Å². The third kappa shape index (κ3) is 5.35. The molecule has 0 spiro atoms. The molecule has 1 amide bonds. The lowest BCUT2D eigenvalue weighted by molar-refractivity contribution is -0.121. The Hall–Kier alpha value is -3.06. The summed E-state index contributed by atoms with van der Waals surface area (Å²) in [5.74, 6) is 1.22. The summed E-state index contributed by atoms with van der Waals surface area (Å²) in [5.41, 5.74) is 2.82. The summed E-state index contributed by atoms with van der Waals surface area (Å²) >= 11 is 0. The van der Waals surface area contributed by atoms with E-state index in [1.54, 1.807) is 12.1 Å². The minimum atomic E-state index is -0.299. The monoisotopic (exact) mass is 422 g/mol. The summed E-state index contributed by atoms with van der Waals surface area (Å²) in [7, 11) is 0. The molecule has 1 aliphatic rings. The van der Waals surface area contributed by atoms with E-state index in [1.807, 2.05) is 12.1 Å². The zero-order chi connectivity index (χ0) is 21.8. The van der Waals surface area contributed by atoms with Crippen LogP contribution in [0.1, 0.15) is 44.1 Å². The molecule has 162 valence electrons. The third-order valence-corrected chi connectivity index (χ3v) is 5.73. The van der Waals surface area contributed by atoms with Crippen LogP contribution in [0.4, 0.5) is 10.1 Å². The lowest BCUT2D eigenvalue weighted by Crippen LogP contribution is -2.37. The first-order valence-electron chi connectivity index (χ1n) is 10.7. The molecule has 1 saturated heterocycles. The molecule has 7 heteroatoms. The summed E-state index contributed by atoms with van der Waals surface area (Å²) in [6.45, 7) is 6.43. The van der Waals surface area contributed by atoms with E-state index in [0.29, 0.717) is 29.7 Å². The van der Waals surface area contributed by atoms with E-state index < -0.39 is 0 Å². The number of aromatic nitrogens is 2. The van der Waals surface area contributed by atoms with Gasteiger partial charge in [0.2, 0.25) is 17.6 Å². The fourth-order valence-corrected chi connectivity index (χ4v) is 3.78. The molecule has 0 atom stereocenters. The number of hydrogen-bond donors (Lipinski definition) is 1. The number of rotatable bonds is 6. The molecule has 2 heterocycles. The van der Waals surface area contributed by atoms with Gasteiger partial charge in [-0.1, -0.05) is 31.1 Å². The van der Waals surface area contributed by atoms with Gasteiger partial charge in [-0.3, -0.25) is 9.69 Å². The minimum absolute atomic E-state index is 0.00140. The van der Waals surface area contributed by atoms with E-state index in [4.69, 9.17) is 4.52 Å². The molecule has 2 aromatic carbocycles. The summed E-state index contributed by atoms with van der Waals surface area (Å²) in [6, 6.07) is 14.1. The van der Waals surface area contributed by atoms with Gasteiger partial charge in [0.25, 0.3) is 0 Å². The zero-order valence-corrected chi connectivity index (χ0v) is 17.8. The number of carbonyl (C=O) groups excluding carboxylic acids is 1. The molecule has 3 aromatic rings. The molecule has 0 unspecified atom stereocenters. The summed E-state index contributed by atoms with van der Waals surface area (Å²) in [4.78, 5) is 19.3. The van der Waals surface area contributed by atoms with Crippen molar-refractivity contribution in [1.82, 2.24) is 15.0 Å². The molecule has 6 nitrogen and oxygen atoms in total. The first kappa shape index (κ1) is 21.2. The highest BCUT2D eigenvalue weighted by Gasteiger charge is 2.26. The molecule has 0 bridgehead atoms. The van der Waals surface area contributed by atoms with Crippen LogP contribution in [0.3, 0.4) is 0 Å². The Bertz CT molecular complexity index is 1010. The second kappa shape index (κ2) is 9.39. The molecule has 4 rings (SSSR count). The Kier molecular flexibility index (Phi) is 6.42. The number of likely N-dealkylation sites (tertiary alicyclic amines) is 1. The van der Waals surface area contributed by atoms with Gasteiger partial charge in [-0.2, -0.15) is 4.98 Å². The van der Waals surface area contributed by atoms with Crippen molar-refractivity contribution in [2.24, 2.45) is 5.92 Å². The van der Waals surface area contributed by atoms with Crippen molar-refractivity contribution in [2.45, 2.75) is 39.2 Å². The van der Waals surface area contributed by atoms with Crippen LogP contribution in [-0.2, 0) is 11.3 Å². The van der Waals surface area contributed by atoms with E-state index in [0.717, 1.165) is 31.6 Å². The highest BCUT2D eigenvalue weighted by atomic mass is 19.1. The fourth-order valence-electron chi connectivity index (χ4n) is 3.78. The van der Waals surface area contributed by atoms with Crippen molar-refractivity contribution >= 4 is 11.6 Å². The quantitative estimate of drug-likeness (QED) is 0.615. The van der Waals surface area contributed by atoms with Gasteiger partial charge in [-0.05, 0) is 73.8 Å². The number of benzene rings is 2. The van der Waals surface area contributed by atoms with Gasteiger partial charge in [0.15, 0.2) is 0 Å². The number of hydrogen-bond acceptors (Lipinski definition) is 5. The molecule has 0 aliphatic carbocycles. The van der Waals surface area contributed by atoms with E-state index in [-0.39, 0.29) is 17.6 Å². The van der Waals surface area contributed by atoms with E-state index in [9.17, 15) is 9.18 Å². The molecule has 0 saturated carbocycles. The average molecular weight is 423 g/mol. The van der Waals surface area contributed by atoms with Crippen LogP contribution in [0, 0.1) is 11.7 Å². The van der Waals surface area contributed by atoms with Crippen molar-refractivity contribution in [3.8, 4) is 11.4 Å². The second-order valence-corrected chi connectivity index (χ2v) is 8.33. The van der Waals surface area contributed by atoms with Crippen molar-refractivity contribution in [3.63, 3.8) is 0 Å². The largest absolute Gasteiger partial charge is 0.338 e. The van der Waals surface area contributed by atoms with Crippen LogP contribution in [0.2, 0.25) is 0 Å².